The number of hydrogen-bond acceptors (Lipinski definition) is 8. The molecule has 154 valence electrons. The normalized spacial score (nSPS) is 13.5. The van der Waals surface area contributed by atoms with Crippen LogP contribution in [0.5, 0.6) is 0 Å². The average Bonchev–Trinajstić information content (AvgIpc) is 3.28. The fourth-order valence-corrected chi connectivity index (χ4v) is 8.06. The predicted octanol–water partition coefficient (Wildman–Crippen LogP) is 5.48. The summed E-state index contributed by atoms with van der Waals surface area (Å²) in [6, 6.07) is 15.4. The van der Waals surface area contributed by atoms with E-state index in [4.69, 9.17) is 0 Å². The van der Waals surface area contributed by atoms with Crippen LogP contribution < -0.4 is 0 Å². The number of aromatic nitrogens is 2. The van der Waals surface area contributed by atoms with Crippen LogP contribution in [0, 0.1) is 0 Å². The lowest BCUT2D eigenvalue weighted by atomic mass is 10.2. The Kier molecular flexibility index (Phi) is 6.57. The molecule has 0 amide bonds. The van der Waals surface area contributed by atoms with E-state index in [2.05, 4.69) is 9.97 Å². The molecule has 2 aromatic heterocycles. The van der Waals surface area contributed by atoms with Crippen LogP contribution in [0.3, 0.4) is 0 Å². The molecule has 30 heavy (non-hydrogen) atoms. The zero-order chi connectivity index (χ0) is 21.1. The van der Waals surface area contributed by atoms with E-state index < -0.39 is 22.4 Å². The number of rotatable bonds is 9. The van der Waals surface area contributed by atoms with Crippen LogP contribution in [0.4, 0.5) is 0 Å². The summed E-state index contributed by atoms with van der Waals surface area (Å²) in [5.74, 6) is -1.93. The maximum absolute atomic E-state index is 11.6. The second-order valence-electron chi connectivity index (χ2n) is 6.40. The maximum Gasteiger partial charge on any atom is 0.304 e. The minimum atomic E-state index is -0.964. The molecule has 0 fully saturated rings. The largest absolute Gasteiger partial charge is 0.481 e. The Bertz CT molecular complexity index is 1050. The van der Waals surface area contributed by atoms with Gasteiger partial charge in [0.15, 0.2) is 8.68 Å². The minimum Gasteiger partial charge on any atom is -0.481 e. The van der Waals surface area contributed by atoms with E-state index in [1.807, 2.05) is 48.5 Å². The van der Waals surface area contributed by atoms with Gasteiger partial charge in [0.05, 0.1) is 33.3 Å². The Balaban J connectivity index is 1.62. The number of benzene rings is 2. The molecular weight excluding hydrogens is 460 g/mol. The molecule has 2 N–H and O–H groups in total. The number of nitrogens with zero attached hydrogens (tertiary/aromatic N) is 2. The highest BCUT2D eigenvalue weighted by molar-refractivity contribution is 8.05. The average molecular weight is 477 g/mol. The highest BCUT2D eigenvalue weighted by Crippen LogP contribution is 2.42. The van der Waals surface area contributed by atoms with Crippen molar-refractivity contribution in [3.63, 3.8) is 0 Å². The van der Waals surface area contributed by atoms with E-state index in [9.17, 15) is 19.8 Å². The van der Waals surface area contributed by atoms with Crippen molar-refractivity contribution in [2.75, 3.05) is 0 Å². The van der Waals surface area contributed by atoms with Crippen molar-refractivity contribution in [3.8, 4) is 0 Å². The second kappa shape index (κ2) is 9.34. The number of fused-ring (bicyclic) bond motifs is 2. The number of carboxylic acid groups (broad SMARTS) is 2. The zero-order valence-corrected chi connectivity index (χ0v) is 18.7. The van der Waals surface area contributed by atoms with Crippen LogP contribution in [0.2, 0.25) is 0 Å². The van der Waals surface area contributed by atoms with Crippen molar-refractivity contribution in [1.29, 1.82) is 0 Å². The summed E-state index contributed by atoms with van der Waals surface area (Å²) in [7, 11) is 0. The molecule has 10 heteroatoms. The minimum absolute atomic E-state index is 0.156. The first-order valence-electron chi connectivity index (χ1n) is 8.96. The summed E-state index contributed by atoms with van der Waals surface area (Å²) < 4.78 is 3.51. The molecule has 2 heterocycles. The van der Waals surface area contributed by atoms with Crippen LogP contribution in [0.1, 0.15) is 12.8 Å². The fourth-order valence-electron chi connectivity index (χ4n) is 2.90. The highest BCUT2D eigenvalue weighted by atomic mass is 32.2. The van der Waals surface area contributed by atoms with Gasteiger partial charge < -0.3 is 10.2 Å². The summed E-state index contributed by atoms with van der Waals surface area (Å²) in [5, 5.41) is 18.0. The number of thiazole rings is 2. The molecule has 4 aromatic rings. The molecule has 0 saturated carbocycles. The lowest BCUT2D eigenvalue weighted by molar-refractivity contribution is -0.139. The van der Waals surface area contributed by atoms with Gasteiger partial charge in [0.1, 0.15) is 0 Å². The third kappa shape index (κ3) is 5.12. The third-order valence-corrected chi connectivity index (χ3v) is 9.31. The van der Waals surface area contributed by atoms with E-state index in [0.29, 0.717) is 0 Å². The molecule has 0 aliphatic rings. The van der Waals surface area contributed by atoms with Gasteiger partial charge in [-0.2, -0.15) is 0 Å². The molecule has 0 radical (unpaired) electrons. The zero-order valence-electron chi connectivity index (χ0n) is 15.4. The summed E-state index contributed by atoms with van der Waals surface area (Å²) in [5.41, 5.74) is 1.71. The van der Waals surface area contributed by atoms with Crippen molar-refractivity contribution in [2.24, 2.45) is 0 Å². The van der Waals surface area contributed by atoms with Gasteiger partial charge in [-0.25, -0.2) is 9.97 Å². The van der Waals surface area contributed by atoms with Gasteiger partial charge in [0.2, 0.25) is 0 Å². The molecule has 0 aliphatic heterocycles. The second-order valence-corrected chi connectivity index (χ2v) is 11.4. The topological polar surface area (TPSA) is 100 Å². The molecule has 2 atom stereocenters. The molecule has 0 spiro atoms. The van der Waals surface area contributed by atoms with Crippen molar-refractivity contribution in [1.82, 2.24) is 9.97 Å². The van der Waals surface area contributed by atoms with Gasteiger partial charge in [-0.15, -0.1) is 22.7 Å². The Hall–Kier alpha value is -2.14. The van der Waals surface area contributed by atoms with Gasteiger partial charge >= 0.3 is 11.9 Å². The van der Waals surface area contributed by atoms with Crippen molar-refractivity contribution < 1.29 is 19.8 Å². The van der Waals surface area contributed by atoms with E-state index >= 15 is 0 Å². The standard InChI is InChI=1S/C20H16N2O4S4/c23-17(24)9-15(29-19-21-11-5-1-3-7-13(11)27-19)16(10-18(25)26)30-20-22-12-6-2-4-8-14(12)28-20/h1-8,15-16H,9-10H2,(H,23,24)(H,25,26). The SMILES string of the molecule is O=C(O)CC(Sc1nc2ccccc2s1)C(CC(=O)O)Sc1nc2ccccc2s1. The Labute approximate surface area is 188 Å². The van der Waals surface area contributed by atoms with Gasteiger partial charge in [0.25, 0.3) is 0 Å². The molecular formula is C20H16N2O4S4. The van der Waals surface area contributed by atoms with E-state index in [1.165, 1.54) is 46.2 Å². The monoisotopic (exact) mass is 476 g/mol. The van der Waals surface area contributed by atoms with Crippen LogP contribution in [-0.2, 0) is 9.59 Å². The summed E-state index contributed by atoms with van der Waals surface area (Å²) in [6.45, 7) is 0. The smallest absolute Gasteiger partial charge is 0.304 e. The number of para-hydroxylation sites is 2. The van der Waals surface area contributed by atoms with E-state index in [1.54, 1.807) is 0 Å². The molecule has 0 aliphatic carbocycles. The number of carboxylic acids is 2. The molecule has 4 rings (SSSR count). The quantitative estimate of drug-likeness (QED) is 0.306. The van der Waals surface area contributed by atoms with Gasteiger partial charge in [-0.3, -0.25) is 9.59 Å². The van der Waals surface area contributed by atoms with Crippen molar-refractivity contribution in [2.45, 2.75) is 32.0 Å². The van der Waals surface area contributed by atoms with Gasteiger partial charge in [-0.1, -0.05) is 47.8 Å². The molecule has 2 aromatic carbocycles. The number of aliphatic carboxylic acids is 2. The van der Waals surface area contributed by atoms with E-state index in [0.717, 1.165) is 29.1 Å². The third-order valence-electron chi connectivity index (χ3n) is 4.22. The van der Waals surface area contributed by atoms with Gasteiger partial charge in [0, 0.05) is 10.5 Å². The first kappa shape index (κ1) is 21.1. The van der Waals surface area contributed by atoms with Crippen LogP contribution in [-0.4, -0.2) is 42.6 Å². The van der Waals surface area contributed by atoms with E-state index in [-0.39, 0.29) is 12.8 Å². The van der Waals surface area contributed by atoms with Crippen LogP contribution in [0.25, 0.3) is 20.4 Å². The summed E-state index contributed by atoms with van der Waals surface area (Å²) in [6.07, 6.45) is -0.313. The van der Waals surface area contributed by atoms with Crippen LogP contribution >= 0.6 is 46.2 Å². The summed E-state index contributed by atoms with van der Waals surface area (Å²) >= 11 is 5.65. The van der Waals surface area contributed by atoms with Crippen molar-refractivity contribution >= 4 is 78.6 Å². The Morgan fingerprint density at radius 2 is 1.17 bits per heavy atom. The van der Waals surface area contributed by atoms with Crippen LogP contribution in [0.15, 0.2) is 57.2 Å². The number of carbonyl (C=O) groups is 2. The van der Waals surface area contributed by atoms with Crippen molar-refractivity contribution in [3.05, 3.63) is 48.5 Å². The lowest BCUT2D eigenvalue weighted by Gasteiger charge is -2.22. The molecule has 6 nitrogen and oxygen atoms in total. The Morgan fingerprint density at radius 3 is 1.53 bits per heavy atom. The molecule has 0 bridgehead atoms. The highest BCUT2D eigenvalue weighted by Gasteiger charge is 2.30. The molecule has 0 saturated heterocycles. The maximum atomic E-state index is 11.6. The number of hydrogen-bond donors (Lipinski definition) is 2. The first-order chi connectivity index (χ1) is 14.5. The number of thioether (sulfide) groups is 2. The summed E-state index contributed by atoms with van der Waals surface area (Å²) in [4.78, 5) is 32.3. The van der Waals surface area contributed by atoms with Gasteiger partial charge in [-0.05, 0) is 24.3 Å². The first-order valence-corrected chi connectivity index (χ1v) is 12.3. The lowest BCUT2D eigenvalue weighted by Crippen LogP contribution is -2.26. The fraction of sp³-hybridized carbons (Fsp3) is 0.200. The predicted molar refractivity (Wildman–Crippen MR) is 123 cm³/mol. The Morgan fingerprint density at radius 1 is 0.767 bits per heavy atom. The molecule has 2 unspecified atom stereocenters.